The minimum absolute atomic E-state index is 0.882. The van der Waals surface area contributed by atoms with Crippen LogP contribution in [0.15, 0.2) is 388 Å². The summed E-state index contributed by atoms with van der Waals surface area (Å²) in [5.74, 6) is 2.65. The Balaban J connectivity index is 0.747. The highest BCUT2D eigenvalue weighted by Gasteiger charge is 2.24. The van der Waals surface area contributed by atoms with E-state index in [-0.39, 0.29) is 0 Å². The second-order valence-corrected chi connectivity index (χ2v) is 25.7. The molecule has 10 heteroatoms. The lowest BCUT2D eigenvalue weighted by Crippen LogP contribution is -2.10. The monoisotopic (exact) mass is 1320 g/mol. The van der Waals surface area contributed by atoms with Crippen molar-refractivity contribution >= 4 is 106 Å². The Morgan fingerprint density at radius 2 is 0.408 bits per heavy atom. The van der Waals surface area contributed by atoms with Gasteiger partial charge in [0.15, 0.2) is 0 Å². The molecule has 15 aromatic carbocycles. The van der Waals surface area contributed by atoms with Gasteiger partial charge in [-0.1, -0.05) is 146 Å². The maximum atomic E-state index is 5.24. The van der Waals surface area contributed by atoms with Crippen molar-refractivity contribution in [1.82, 2.24) is 33.2 Å². The van der Waals surface area contributed by atoms with Gasteiger partial charge in [0.25, 0.3) is 0 Å². The smallest absolute Gasteiger partial charge is 0.145 e. The molecule has 0 bridgehead atoms. The summed E-state index contributed by atoms with van der Waals surface area (Å²) in [4.78, 5) is 22.7. The largest absolute Gasteiger partial charge is 0.311 e. The molecule has 0 amide bonds. The highest BCUT2D eigenvalue weighted by molar-refractivity contribution is 6.12. The van der Waals surface area contributed by atoms with E-state index in [1.54, 1.807) is 0 Å². The van der Waals surface area contributed by atoms with Crippen molar-refractivity contribution in [1.29, 1.82) is 0 Å². The molecule has 0 atom stereocenters. The van der Waals surface area contributed by atoms with Gasteiger partial charge in [0.2, 0.25) is 0 Å². The first kappa shape index (κ1) is 60.1. The van der Waals surface area contributed by atoms with Crippen LogP contribution in [0, 0.1) is 0 Å². The van der Waals surface area contributed by atoms with Crippen molar-refractivity contribution in [3.8, 4) is 56.9 Å². The molecule has 0 saturated carbocycles. The highest BCUT2D eigenvalue weighted by atomic mass is 15.2. The molecular weight excluding hydrogens is 1260 g/mol. The Bertz CT molecular complexity index is 5990. The first-order chi connectivity index (χ1) is 51.1. The molecule has 0 spiro atoms. The van der Waals surface area contributed by atoms with Crippen LogP contribution < -0.4 is 14.7 Å². The molecule has 0 aliphatic rings. The first-order valence-corrected chi connectivity index (χ1v) is 34.7. The number of hydrogen-bond donors (Lipinski definition) is 0. The molecule has 0 aliphatic carbocycles. The third-order valence-corrected chi connectivity index (χ3v) is 19.5. The van der Waals surface area contributed by atoms with E-state index in [9.17, 15) is 0 Å². The molecule has 19 aromatic rings. The predicted molar refractivity (Wildman–Crippen MR) is 425 cm³/mol. The van der Waals surface area contributed by atoms with Crippen LogP contribution in [0.25, 0.3) is 112 Å². The third-order valence-electron chi connectivity index (χ3n) is 19.5. The molecule has 4 heterocycles. The fraction of sp³-hybridized carbons (Fsp3) is 0. The van der Waals surface area contributed by atoms with Crippen LogP contribution in [0.1, 0.15) is 0 Å². The summed E-state index contributed by atoms with van der Waals surface area (Å²) in [7, 11) is 0. The average molecular weight is 1320 g/mol. The van der Waals surface area contributed by atoms with Crippen LogP contribution in [0.5, 0.6) is 0 Å². The number of para-hydroxylation sites is 12. The minimum Gasteiger partial charge on any atom is -0.311 e. The maximum Gasteiger partial charge on any atom is 0.145 e. The normalized spacial score (nSPS) is 11.5. The van der Waals surface area contributed by atoms with Crippen molar-refractivity contribution in [2.45, 2.75) is 0 Å². The Labute approximate surface area is 595 Å². The number of nitrogens with zero attached hydrogens (tertiary/aromatic N) is 10. The van der Waals surface area contributed by atoms with Gasteiger partial charge in [0, 0.05) is 101 Å². The zero-order chi connectivity index (χ0) is 68.2. The molecule has 0 fully saturated rings. The molecule has 10 nitrogen and oxygen atoms in total. The first-order valence-electron chi connectivity index (χ1n) is 34.7. The Kier molecular flexibility index (Phi) is 15.0. The molecule has 0 N–H and O–H groups in total. The highest BCUT2D eigenvalue weighted by Crippen LogP contribution is 2.46. The number of anilines is 9. The van der Waals surface area contributed by atoms with E-state index in [4.69, 9.17) is 15.0 Å². The van der Waals surface area contributed by atoms with Gasteiger partial charge in [0.1, 0.15) is 17.5 Å². The van der Waals surface area contributed by atoms with Crippen molar-refractivity contribution in [3.05, 3.63) is 388 Å². The number of benzene rings is 15. The molecule has 19 rings (SSSR count). The summed E-state index contributed by atoms with van der Waals surface area (Å²) in [6.45, 7) is 0. The number of imidazole rings is 3. The van der Waals surface area contributed by atoms with Gasteiger partial charge in [-0.3, -0.25) is 13.7 Å². The molecule has 486 valence electrons. The zero-order valence-electron chi connectivity index (χ0n) is 55.9. The molecule has 0 saturated heterocycles. The van der Waals surface area contributed by atoms with Gasteiger partial charge >= 0.3 is 0 Å². The Hall–Kier alpha value is -14.1. The molecule has 4 aromatic heterocycles. The summed E-state index contributed by atoms with van der Waals surface area (Å²) in [5.41, 5.74) is 24.6. The van der Waals surface area contributed by atoms with E-state index in [2.05, 4.69) is 421 Å². The third kappa shape index (κ3) is 10.8. The van der Waals surface area contributed by atoms with Crippen molar-refractivity contribution < 1.29 is 0 Å². The summed E-state index contributed by atoms with van der Waals surface area (Å²) in [6.07, 6.45) is 0. The lowest BCUT2D eigenvalue weighted by Gasteiger charge is -2.26. The van der Waals surface area contributed by atoms with Crippen molar-refractivity contribution in [3.63, 3.8) is 0 Å². The van der Waals surface area contributed by atoms with Gasteiger partial charge in [-0.25, -0.2) is 15.0 Å². The molecule has 103 heavy (non-hydrogen) atoms. The maximum absolute atomic E-state index is 5.24. The van der Waals surface area contributed by atoms with Gasteiger partial charge in [-0.2, -0.15) is 0 Å². The summed E-state index contributed by atoms with van der Waals surface area (Å²) < 4.78 is 9.19. The van der Waals surface area contributed by atoms with E-state index in [1.807, 2.05) is 0 Å². The van der Waals surface area contributed by atoms with E-state index >= 15 is 0 Å². The van der Waals surface area contributed by atoms with Gasteiger partial charge in [-0.15, -0.1) is 0 Å². The lowest BCUT2D eigenvalue weighted by atomic mass is 10.1. The second kappa shape index (κ2) is 25.6. The van der Waals surface area contributed by atoms with Crippen molar-refractivity contribution in [2.24, 2.45) is 0 Å². The molecular formula is C93H64N10. The van der Waals surface area contributed by atoms with Crippen LogP contribution in [0.4, 0.5) is 51.2 Å². The van der Waals surface area contributed by atoms with Crippen LogP contribution in [0.3, 0.4) is 0 Å². The van der Waals surface area contributed by atoms with E-state index in [1.165, 1.54) is 0 Å². The Morgan fingerprint density at radius 3 is 0.718 bits per heavy atom. The fourth-order valence-corrected chi connectivity index (χ4v) is 14.8. The second-order valence-electron chi connectivity index (χ2n) is 25.7. The quantitative estimate of drug-likeness (QED) is 0.0960. The standard InChI is InChI=1S/C93H64N10/c1-7-25-68(26-8-1)97(74-49-43-65(44-50-74)91-94-83-37-19-22-40-88(83)101(91)71-31-13-4-14-32-71)77-55-57-78(58-56-77)100-86-61-59-79(98(69-27-9-2-10-28-69)75-51-45-66(46-52-75)92-95-84-38-20-23-41-89(84)102(92)72-33-15-5-16-34-72)63-81(86)82-64-80(60-62-87(82)100)99(70-29-11-3-12-30-70)76-53-47-67(48-54-76)93-96-85-39-21-24-42-90(85)103(93)73-35-17-6-18-36-73/h1-64H. The number of fused-ring (bicyclic) bond motifs is 6. The predicted octanol–water partition coefficient (Wildman–Crippen LogP) is 24.2. The van der Waals surface area contributed by atoms with Gasteiger partial charge in [-0.05, 0) is 243 Å². The number of hydrogen-bond acceptors (Lipinski definition) is 6. The lowest BCUT2D eigenvalue weighted by molar-refractivity contribution is 1.10. The average Bonchev–Trinajstić information content (AvgIpc) is 1.60. The Morgan fingerprint density at radius 1 is 0.175 bits per heavy atom. The number of aromatic nitrogens is 7. The van der Waals surface area contributed by atoms with Crippen LogP contribution >= 0.6 is 0 Å². The van der Waals surface area contributed by atoms with E-state index in [0.29, 0.717) is 0 Å². The molecule has 0 radical (unpaired) electrons. The summed E-state index contributed by atoms with van der Waals surface area (Å²) >= 11 is 0. The molecule has 0 unspecified atom stereocenters. The SMILES string of the molecule is c1ccc(N(c2ccc(-c3nc4ccccc4n3-c3ccccc3)cc2)c2ccc(-n3c4ccc(N(c5ccccc5)c5ccc(-c6nc7ccccc7n6-c6ccccc6)cc5)cc4c4cc(N(c5ccccc5)c5ccc(-c6nc7ccccc7n6-c6ccccc6)cc5)ccc43)cc2)cc1. The molecule has 0 aliphatic heterocycles. The van der Waals surface area contributed by atoms with Gasteiger partial charge < -0.3 is 19.3 Å². The van der Waals surface area contributed by atoms with Gasteiger partial charge in [0.05, 0.1) is 44.1 Å². The van der Waals surface area contributed by atoms with E-state index < -0.39 is 0 Å². The minimum atomic E-state index is 0.882. The summed E-state index contributed by atoms with van der Waals surface area (Å²) in [6, 6.07) is 138. The van der Waals surface area contributed by atoms with Crippen LogP contribution in [0.2, 0.25) is 0 Å². The van der Waals surface area contributed by atoms with Crippen LogP contribution in [-0.4, -0.2) is 33.2 Å². The summed E-state index contributed by atoms with van der Waals surface area (Å²) in [5, 5.41) is 2.20. The fourth-order valence-electron chi connectivity index (χ4n) is 14.8. The zero-order valence-corrected chi connectivity index (χ0v) is 55.9. The number of rotatable bonds is 16. The van der Waals surface area contributed by atoms with Crippen LogP contribution in [-0.2, 0) is 0 Å². The van der Waals surface area contributed by atoms with E-state index in [0.717, 1.165) is 163 Å². The van der Waals surface area contributed by atoms with Crippen molar-refractivity contribution in [2.75, 3.05) is 14.7 Å². The topological polar surface area (TPSA) is 68.1 Å².